The minimum absolute atomic E-state index is 0.0425. The number of hydrogen-bond donors (Lipinski definition) is 1. The molecular formula is C8H10ClNO. The number of rotatable bonds is 2. The molecule has 3 heteroatoms. The second kappa shape index (κ2) is 3.09. The van der Waals surface area contributed by atoms with Crippen molar-refractivity contribution in [2.75, 3.05) is 5.88 Å². The number of carbonyl (C=O) groups excluding carboxylic acids is 1. The fourth-order valence-electron chi connectivity index (χ4n) is 1.09. The van der Waals surface area contributed by atoms with E-state index in [0.29, 0.717) is 5.69 Å². The third-order valence-corrected chi connectivity index (χ3v) is 1.79. The Morgan fingerprint density at radius 1 is 1.64 bits per heavy atom. The first-order valence-electron chi connectivity index (χ1n) is 3.40. The molecule has 1 aromatic rings. The van der Waals surface area contributed by atoms with Crippen molar-refractivity contribution in [1.29, 1.82) is 0 Å². The van der Waals surface area contributed by atoms with Gasteiger partial charge in [-0.1, -0.05) is 0 Å². The first-order chi connectivity index (χ1) is 5.15. The van der Waals surface area contributed by atoms with Crippen LogP contribution in [0.15, 0.2) is 6.07 Å². The molecule has 0 amide bonds. The van der Waals surface area contributed by atoms with Gasteiger partial charge < -0.3 is 4.98 Å². The number of carbonyl (C=O) groups is 1. The number of aromatic nitrogens is 1. The minimum atomic E-state index is -0.0442. The van der Waals surface area contributed by atoms with Gasteiger partial charge in [-0.15, -0.1) is 11.6 Å². The summed E-state index contributed by atoms with van der Waals surface area (Å²) in [5.41, 5.74) is 2.60. The van der Waals surface area contributed by atoms with E-state index in [0.717, 1.165) is 11.3 Å². The van der Waals surface area contributed by atoms with Crippen molar-refractivity contribution in [3.63, 3.8) is 0 Å². The van der Waals surface area contributed by atoms with Crippen LogP contribution in [0.5, 0.6) is 0 Å². The smallest absolute Gasteiger partial charge is 0.193 e. The van der Waals surface area contributed by atoms with Crippen LogP contribution >= 0.6 is 11.6 Å². The van der Waals surface area contributed by atoms with E-state index in [9.17, 15) is 4.79 Å². The van der Waals surface area contributed by atoms with Crippen LogP contribution in [0.3, 0.4) is 0 Å². The summed E-state index contributed by atoms with van der Waals surface area (Å²) in [6.07, 6.45) is 0. The van der Waals surface area contributed by atoms with Gasteiger partial charge in [-0.25, -0.2) is 0 Å². The molecule has 0 saturated heterocycles. The molecule has 1 rings (SSSR count). The number of aryl methyl sites for hydroxylation is 2. The van der Waals surface area contributed by atoms with Crippen molar-refractivity contribution in [1.82, 2.24) is 4.98 Å². The summed E-state index contributed by atoms with van der Waals surface area (Å²) in [5, 5.41) is 0. The second-order valence-electron chi connectivity index (χ2n) is 2.57. The monoisotopic (exact) mass is 171 g/mol. The summed E-state index contributed by atoms with van der Waals surface area (Å²) >= 11 is 5.40. The Balaban J connectivity index is 3.03. The number of hydrogen-bond acceptors (Lipinski definition) is 1. The highest BCUT2D eigenvalue weighted by atomic mass is 35.5. The maximum absolute atomic E-state index is 11.1. The SMILES string of the molecule is Cc1cc(C)c(C(=O)CCl)[nH]1. The minimum Gasteiger partial charge on any atom is -0.356 e. The second-order valence-corrected chi connectivity index (χ2v) is 2.83. The zero-order chi connectivity index (χ0) is 8.43. The molecule has 0 fully saturated rings. The van der Waals surface area contributed by atoms with Crippen molar-refractivity contribution in [3.8, 4) is 0 Å². The summed E-state index contributed by atoms with van der Waals surface area (Å²) < 4.78 is 0. The summed E-state index contributed by atoms with van der Waals surface area (Å²) in [6.45, 7) is 3.81. The van der Waals surface area contributed by atoms with Crippen molar-refractivity contribution < 1.29 is 4.79 Å². The molecule has 0 aliphatic carbocycles. The molecule has 2 nitrogen and oxygen atoms in total. The van der Waals surface area contributed by atoms with Crippen LogP contribution in [-0.4, -0.2) is 16.6 Å². The lowest BCUT2D eigenvalue weighted by Crippen LogP contribution is -2.02. The summed E-state index contributed by atoms with van der Waals surface area (Å²) in [7, 11) is 0. The Morgan fingerprint density at radius 2 is 2.27 bits per heavy atom. The number of ketones is 1. The zero-order valence-corrected chi connectivity index (χ0v) is 7.33. The van der Waals surface area contributed by atoms with E-state index in [1.165, 1.54) is 0 Å². The molecule has 0 bridgehead atoms. The van der Waals surface area contributed by atoms with E-state index in [-0.39, 0.29) is 11.7 Å². The molecule has 0 saturated carbocycles. The number of Topliss-reactive ketones (excluding diaryl/α,β-unsaturated/α-hetero) is 1. The van der Waals surface area contributed by atoms with Crippen molar-refractivity contribution in [2.45, 2.75) is 13.8 Å². The summed E-state index contributed by atoms with van der Waals surface area (Å²) in [5.74, 6) is -0.00174. The fraction of sp³-hybridized carbons (Fsp3) is 0.375. The van der Waals surface area contributed by atoms with E-state index < -0.39 is 0 Å². The van der Waals surface area contributed by atoms with Gasteiger partial charge in [-0.2, -0.15) is 0 Å². The average Bonchev–Trinajstić information content (AvgIpc) is 2.28. The van der Waals surface area contributed by atoms with Gasteiger partial charge in [-0.3, -0.25) is 4.79 Å². The van der Waals surface area contributed by atoms with E-state index in [4.69, 9.17) is 11.6 Å². The molecule has 60 valence electrons. The van der Waals surface area contributed by atoms with Gasteiger partial charge >= 0.3 is 0 Å². The Kier molecular flexibility index (Phi) is 2.35. The van der Waals surface area contributed by atoms with Crippen molar-refractivity contribution in [2.24, 2.45) is 0 Å². The number of H-pyrrole nitrogens is 1. The van der Waals surface area contributed by atoms with Gasteiger partial charge in [0, 0.05) is 5.69 Å². The maximum atomic E-state index is 11.1. The normalized spacial score (nSPS) is 10.1. The topological polar surface area (TPSA) is 32.9 Å². The van der Waals surface area contributed by atoms with Crippen LogP contribution in [0.2, 0.25) is 0 Å². The van der Waals surface area contributed by atoms with Gasteiger partial charge in [0.2, 0.25) is 0 Å². The fourth-order valence-corrected chi connectivity index (χ4v) is 1.22. The van der Waals surface area contributed by atoms with Crippen LogP contribution < -0.4 is 0 Å². The lowest BCUT2D eigenvalue weighted by atomic mass is 10.2. The third kappa shape index (κ3) is 1.63. The molecule has 0 radical (unpaired) electrons. The molecule has 0 aliphatic heterocycles. The summed E-state index contributed by atoms with van der Waals surface area (Å²) in [4.78, 5) is 14.0. The number of alkyl halides is 1. The molecule has 0 aliphatic rings. The Hall–Kier alpha value is -0.760. The van der Waals surface area contributed by atoms with Gasteiger partial charge in [0.25, 0.3) is 0 Å². The number of nitrogens with one attached hydrogen (secondary N) is 1. The number of aromatic amines is 1. The van der Waals surface area contributed by atoms with Crippen molar-refractivity contribution in [3.05, 3.63) is 23.0 Å². The summed E-state index contributed by atoms with van der Waals surface area (Å²) in [6, 6.07) is 1.93. The Labute approximate surface area is 70.6 Å². The highest BCUT2D eigenvalue weighted by Gasteiger charge is 2.09. The molecule has 0 spiro atoms. The Bertz CT molecular complexity index is 278. The Morgan fingerprint density at radius 3 is 2.64 bits per heavy atom. The van der Waals surface area contributed by atoms with Crippen LogP contribution in [0, 0.1) is 13.8 Å². The van der Waals surface area contributed by atoms with Crippen LogP contribution in [0.25, 0.3) is 0 Å². The van der Waals surface area contributed by atoms with Gasteiger partial charge in [0.05, 0.1) is 11.6 Å². The molecule has 0 aromatic carbocycles. The molecule has 1 heterocycles. The van der Waals surface area contributed by atoms with Crippen molar-refractivity contribution >= 4 is 17.4 Å². The van der Waals surface area contributed by atoms with Crippen LogP contribution in [0.1, 0.15) is 21.7 Å². The van der Waals surface area contributed by atoms with Crippen LogP contribution in [-0.2, 0) is 0 Å². The third-order valence-electron chi connectivity index (χ3n) is 1.55. The standard InChI is InChI=1S/C8H10ClNO/c1-5-3-6(2)10-8(5)7(11)4-9/h3,10H,4H2,1-2H3. The average molecular weight is 172 g/mol. The van der Waals surface area contributed by atoms with Gasteiger partial charge in [0.1, 0.15) is 0 Å². The highest BCUT2D eigenvalue weighted by Crippen LogP contribution is 2.09. The van der Waals surface area contributed by atoms with Gasteiger partial charge in [0.15, 0.2) is 5.78 Å². The van der Waals surface area contributed by atoms with E-state index in [2.05, 4.69) is 4.98 Å². The predicted molar refractivity (Wildman–Crippen MR) is 45.3 cm³/mol. The molecule has 0 atom stereocenters. The molecular weight excluding hydrogens is 162 g/mol. The lowest BCUT2D eigenvalue weighted by molar-refractivity contribution is 0.101. The lowest BCUT2D eigenvalue weighted by Gasteiger charge is -1.92. The quantitative estimate of drug-likeness (QED) is 0.536. The highest BCUT2D eigenvalue weighted by molar-refractivity contribution is 6.30. The molecule has 0 unspecified atom stereocenters. The zero-order valence-electron chi connectivity index (χ0n) is 6.57. The molecule has 11 heavy (non-hydrogen) atoms. The number of halogens is 1. The van der Waals surface area contributed by atoms with Crippen LogP contribution in [0.4, 0.5) is 0 Å². The molecule has 1 N–H and O–H groups in total. The maximum Gasteiger partial charge on any atom is 0.193 e. The largest absolute Gasteiger partial charge is 0.356 e. The molecule has 1 aromatic heterocycles. The van der Waals surface area contributed by atoms with Gasteiger partial charge in [-0.05, 0) is 25.5 Å². The van der Waals surface area contributed by atoms with E-state index >= 15 is 0 Å². The predicted octanol–water partition coefficient (Wildman–Crippen LogP) is 2.05. The van der Waals surface area contributed by atoms with E-state index in [1.54, 1.807) is 0 Å². The van der Waals surface area contributed by atoms with E-state index in [1.807, 2.05) is 19.9 Å². The first-order valence-corrected chi connectivity index (χ1v) is 3.94. The first kappa shape index (κ1) is 8.34.